The third-order valence-corrected chi connectivity index (χ3v) is 5.37. The molecule has 130 valence electrons. The van der Waals surface area contributed by atoms with Gasteiger partial charge in [-0.1, -0.05) is 53.5 Å². The standard InChI is InChI=1S/C20H20Cl2N2O/c21-19-6-5-15(9-20(19)22)10-23-7-8-25-18(13-23)14-24-11-16-3-1-2-4-17(16)12-24/h1-6,9,11-12,18H,7-8,10,13-14H2. The predicted octanol–water partition coefficient (Wildman–Crippen LogP) is 4.85. The molecule has 3 nitrogen and oxygen atoms in total. The first-order chi connectivity index (χ1) is 12.2. The van der Waals surface area contributed by atoms with Gasteiger partial charge in [0.1, 0.15) is 0 Å². The average molecular weight is 375 g/mol. The van der Waals surface area contributed by atoms with Crippen molar-refractivity contribution in [3.63, 3.8) is 0 Å². The van der Waals surface area contributed by atoms with Crippen LogP contribution >= 0.6 is 23.2 Å². The fraction of sp³-hybridized carbons (Fsp3) is 0.300. The van der Waals surface area contributed by atoms with E-state index in [1.807, 2.05) is 18.2 Å². The van der Waals surface area contributed by atoms with Gasteiger partial charge in [-0.15, -0.1) is 0 Å². The number of hydrogen-bond donors (Lipinski definition) is 0. The molecule has 3 aromatic rings. The molecule has 1 saturated heterocycles. The molecule has 2 heterocycles. The summed E-state index contributed by atoms with van der Waals surface area (Å²) < 4.78 is 8.21. The van der Waals surface area contributed by atoms with Crippen molar-refractivity contribution in [2.45, 2.75) is 19.2 Å². The Morgan fingerprint density at radius 3 is 2.48 bits per heavy atom. The summed E-state index contributed by atoms with van der Waals surface area (Å²) in [6, 6.07) is 14.3. The lowest BCUT2D eigenvalue weighted by Crippen LogP contribution is -2.43. The Hall–Kier alpha value is -1.52. The van der Waals surface area contributed by atoms with E-state index in [0.29, 0.717) is 10.0 Å². The molecule has 1 aliphatic heterocycles. The van der Waals surface area contributed by atoms with Gasteiger partial charge in [-0.05, 0) is 28.5 Å². The molecule has 1 fully saturated rings. The summed E-state index contributed by atoms with van der Waals surface area (Å²) >= 11 is 12.1. The molecule has 0 saturated carbocycles. The van der Waals surface area contributed by atoms with E-state index in [4.69, 9.17) is 27.9 Å². The molecule has 0 spiro atoms. The molecule has 1 aliphatic rings. The van der Waals surface area contributed by atoms with Crippen molar-refractivity contribution in [1.29, 1.82) is 0 Å². The van der Waals surface area contributed by atoms with Crippen molar-refractivity contribution in [3.05, 3.63) is 70.5 Å². The lowest BCUT2D eigenvalue weighted by Gasteiger charge is -2.33. The van der Waals surface area contributed by atoms with Crippen molar-refractivity contribution < 1.29 is 4.74 Å². The molecule has 0 bridgehead atoms. The van der Waals surface area contributed by atoms with E-state index in [9.17, 15) is 0 Å². The molecule has 25 heavy (non-hydrogen) atoms. The smallest absolute Gasteiger partial charge is 0.0881 e. The highest BCUT2D eigenvalue weighted by atomic mass is 35.5. The van der Waals surface area contributed by atoms with Crippen LogP contribution in [0.3, 0.4) is 0 Å². The summed E-state index contributed by atoms with van der Waals surface area (Å²) in [4.78, 5) is 2.41. The summed E-state index contributed by atoms with van der Waals surface area (Å²) in [6.45, 7) is 4.34. The van der Waals surface area contributed by atoms with Crippen LogP contribution in [0.5, 0.6) is 0 Å². The van der Waals surface area contributed by atoms with Gasteiger partial charge < -0.3 is 9.30 Å². The molecular formula is C20H20Cl2N2O. The zero-order valence-electron chi connectivity index (χ0n) is 13.9. The zero-order chi connectivity index (χ0) is 17.2. The zero-order valence-corrected chi connectivity index (χ0v) is 15.4. The normalized spacial score (nSPS) is 18.7. The molecule has 1 atom stereocenters. The fourth-order valence-electron chi connectivity index (χ4n) is 3.41. The number of rotatable bonds is 4. The van der Waals surface area contributed by atoms with Gasteiger partial charge in [-0.25, -0.2) is 0 Å². The highest BCUT2D eigenvalue weighted by Gasteiger charge is 2.21. The van der Waals surface area contributed by atoms with Crippen LogP contribution in [0.1, 0.15) is 5.56 Å². The summed E-state index contributed by atoms with van der Waals surface area (Å²) in [5, 5.41) is 3.75. The lowest BCUT2D eigenvalue weighted by atomic mass is 10.2. The average Bonchev–Trinajstić information content (AvgIpc) is 3.01. The van der Waals surface area contributed by atoms with Gasteiger partial charge in [0.05, 0.1) is 22.8 Å². The Bertz CT molecular complexity index is 844. The number of hydrogen-bond acceptors (Lipinski definition) is 2. The second-order valence-corrected chi connectivity index (χ2v) is 7.37. The number of benzene rings is 2. The number of fused-ring (bicyclic) bond motifs is 1. The Morgan fingerprint density at radius 1 is 1.00 bits per heavy atom. The number of ether oxygens (including phenoxy) is 1. The summed E-state index contributed by atoms with van der Waals surface area (Å²) in [7, 11) is 0. The minimum atomic E-state index is 0.193. The maximum Gasteiger partial charge on any atom is 0.0881 e. The Morgan fingerprint density at radius 2 is 1.76 bits per heavy atom. The molecular weight excluding hydrogens is 355 g/mol. The third-order valence-electron chi connectivity index (χ3n) is 4.63. The summed E-state index contributed by atoms with van der Waals surface area (Å²) in [5.41, 5.74) is 1.18. The number of nitrogens with zero attached hydrogens (tertiary/aromatic N) is 2. The maximum atomic E-state index is 6.13. The van der Waals surface area contributed by atoms with Gasteiger partial charge in [0.15, 0.2) is 0 Å². The molecule has 1 unspecified atom stereocenters. The van der Waals surface area contributed by atoms with E-state index >= 15 is 0 Å². The van der Waals surface area contributed by atoms with Gasteiger partial charge in [0.25, 0.3) is 0 Å². The number of aromatic nitrogens is 1. The quantitative estimate of drug-likeness (QED) is 0.649. The molecule has 0 N–H and O–H groups in total. The second-order valence-electron chi connectivity index (χ2n) is 6.56. The van der Waals surface area contributed by atoms with Crippen LogP contribution in [0.25, 0.3) is 10.8 Å². The second kappa shape index (κ2) is 7.38. The molecule has 0 amide bonds. The first-order valence-corrected chi connectivity index (χ1v) is 9.25. The maximum absolute atomic E-state index is 6.13. The third kappa shape index (κ3) is 4.01. The van der Waals surface area contributed by atoms with Crippen molar-refractivity contribution in [1.82, 2.24) is 9.47 Å². The highest BCUT2D eigenvalue weighted by molar-refractivity contribution is 6.42. The van der Waals surface area contributed by atoms with Crippen LogP contribution in [0.4, 0.5) is 0 Å². The molecule has 5 heteroatoms. The Labute approximate surface area is 157 Å². The molecule has 0 aliphatic carbocycles. The van der Waals surface area contributed by atoms with Crippen LogP contribution < -0.4 is 0 Å². The Balaban J connectivity index is 1.41. The SMILES string of the molecule is Clc1ccc(CN2CCOC(Cn3cc4ccccc4c3)C2)cc1Cl. The van der Waals surface area contributed by atoms with Gasteiger partial charge in [0, 0.05) is 38.6 Å². The van der Waals surface area contributed by atoms with Crippen LogP contribution in [0, 0.1) is 0 Å². The van der Waals surface area contributed by atoms with Gasteiger partial charge in [0.2, 0.25) is 0 Å². The van der Waals surface area contributed by atoms with Gasteiger partial charge in [-0.2, -0.15) is 0 Å². The lowest BCUT2D eigenvalue weighted by molar-refractivity contribution is -0.0386. The monoisotopic (exact) mass is 374 g/mol. The van der Waals surface area contributed by atoms with E-state index in [1.165, 1.54) is 16.3 Å². The molecule has 4 rings (SSSR count). The number of morpholine rings is 1. The van der Waals surface area contributed by atoms with E-state index in [0.717, 1.165) is 32.8 Å². The molecule has 0 radical (unpaired) electrons. The highest BCUT2D eigenvalue weighted by Crippen LogP contribution is 2.24. The number of halogens is 2. The van der Waals surface area contributed by atoms with Crippen molar-refractivity contribution in [2.75, 3.05) is 19.7 Å². The first kappa shape index (κ1) is 16.9. The van der Waals surface area contributed by atoms with Crippen LogP contribution in [-0.2, 0) is 17.8 Å². The van der Waals surface area contributed by atoms with Crippen LogP contribution in [-0.4, -0.2) is 35.3 Å². The first-order valence-electron chi connectivity index (χ1n) is 8.50. The minimum absolute atomic E-state index is 0.193. The predicted molar refractivity (Wildman–Crippen MR) is 103 cm³/mol. The minimum Gasteiger partial charge on any atom is -0.374 e. The van der Waals surface area contributed by atoms with E-state index in [2.05, 4.69) is 46.1 Å². The van der Waals surface area contributed by atoms with E-state index < -0.39 is 0 Å². The molecule has 1 aromatic heterocycles. The van der Waals surface area contributed by atoms with E-state index in [1.54, 1.807) is 0 Å². The largest absolute Gasteiger partial charge is 0.374 e. The van der Waals surface area contributed by atoms with Crippen LogP contribution in [0.2, 0.25) is 10.0 Å². The van der Waals surface area contributed by atoms with E-state index in [-0.39, 0.29) is 6.10 Å². The van der Waals surface area contributed by atoms with Gasteiger partial charge in [-0.3, -0.25) is 4.90 Å². The molecule has 2 aromatic carbocycles. The Kier molecular flexibility index (Phi) is 5.00. The summed E-state index contributed by atoms with van der Waals surface area (Å²) in [6.07, 6.45) is 4.58. The fourth-order valence-corrected chi connectivity index (χ4v) is 3.73. The van der Waals surface area contributed by atoms with Crippen molar-refractivity contribution in [3.8, 4) is 0 Å². The van der Waals surface area contributed by atoms with Crippen molar-refractivity contribution in [2.24, 2.45) is 0 Å². The van der Waals surface area contributed by atoms with Crippen molar-refractivity contribution >= 4 is 34.0 Å². The van der Waals surface area contributed by atoms with Crippen LogP contribution in [0.15, 0.2) is 54.9 Å². The van der Waals surface area contributed by atoms with Gasteiger partial charge >= 0.3 is 0 Å². The topological polar surface area (TPSA) is 17.4 Å². The summed E-state index contributed by atoms with van der Waals surface area (Å²) in [5.74, 6) is 0.